The zero-order chi connectivity index (χ0) is 19.0. The van der Waals surface area contributed by atoms with Crippen LogP contribution in [-0.4, -0.2) is 29.4 Å². The lowest BCUT2D eigenvalue weighted by molar-refractivity contribution is 0.434. The molecule has 1 aromatic heterocycles. The van der Waals surface area contributed by atoms with Gasteiger partial charge in [-0.2, -0.15) is 0 Å². The van der Waals surface area contributed by atoms with E-state index in [9.17, 15) is 13.9 Å². The topological polar surface area (TPSA) is 51.6 Å². The summed E-state index contributed by atoms with van der Waals surface area (Å²) in [6, 6.07) is 9.38. The Morgan fingerprint density at radius 1 is 1.15 bits per heavy atom. The molecule has 0 unspecified atom stereocenters. The number of hydrogen-bond donors (Lipinski definition) is 2. The molecular formula is C21H21F2N3O. The van der Waals surface area contributed by atoms with Gasteiger partial charge in [0.05, 0.1) is 22.5 Å². The van der Waals surface area contributed by atoms with E-state index in [0.717, 1.165) is 25.9 Å². The van der Waals surface area contributed by atoms with Gasteiger partial charge in [0.1, 0.15) is 11.6 Å². The fourth-order valence-corrected chi connectivity index (χ4v) is 3.56. The SMILES string of the molecule is CC1CCN(c2ccc(N=Cc3c(O)[nH]c4cccc(F)c34)cc2F)CC1. The molecule has 27 heavy (non-hydrogen) atoms. The standard InChI is InChI=1S/C21H21F2N3O/c1-13-7-9-26(10-8-13)19-6-5-14(11-17(19)23)24-12-15-20-16(22)3-2-4-18(20)25-21(15)27/h2-6,11-13,25,27H,7-10H2,1H3. The van der Waals surface area contributed by atoms with E-state index >= 15 is 0 Å². The lowest BCUT2D eigenvalue weighted by Gasteiger charge is -2.32. The van der Waals surface area contributed by atoms with Gasteiger partial charge < -0.3 is 15.0 Å². The number of piperidine rings is 1. The summed E-state index contributed by atoms with van der Waals surface area (Å²) in [5.74, 6) is -0.268. The molecule has 1 aliphatic heterocycles. The Hall–Kier alpha value is -2.89. The Morgan fingerprint density at radius 3 is 2.67 bits per heavy atom. The molecule has 6 heteroatoms. The van der Waals surface area contributed by atoms with Crippen LogP contribution in [0, 0.1) is 17.6 Å². The first-order valence-corrected chi connectivity index (χ1v) is 9.10. The highest BCUT2D eigenvalue weighted by atomic mass is 19.1. The molecule has 1 fully saturated rings. The minimum absolute atomic E-state index is 0.168. The summed E-state index contributed by atoms with van der Waals surface area (Å²) in [4.78, 5) is 9.00. The van der Waals surface area contributed by atoms with E-state index in [1.165, 1.54) is 18.3 Å². The van der Waals surface area contributed by atoms with Crippen molar-refractivity contribution in [1.82, 2.24) is 4.98 Å². The van der Waals surface area contributed by atoms with E-state index in [1.54, 1.807) is 24.3 Å². The molecule has 0 saturated carbocycles. The van der Waals surface area contributed by atoms with Crippen LogP contribution in [0.1, 0.15) is 25.3 Å². The molecule has 4 nitrogen and oxygen atoms in total. The molecule has 0 radical (unpaired) electrons. The van der Waals surface area contributed by atoms with Crippen LogP contribution in [0.5, 0.6) is 5.88 Å². The number of aliphatic imine (C=N–C) groups is 1. The molecule has 4 rings (SSSR count). The van der Waals surface area contributed by atoms with Gasteiger partial charge in [0.15, 0.2) is 5.88 Å². The summed E-state index contributed by atoms with van der Waals surface area (Å²) in [6.07, 6.45) is 3.48. The number of aromatic amines is 1. The molecule has 1 saturated heterocycles. The van der Waals surface area contributed by atoms with Crippen molar-refractivity contribution in [2.75, 3.05) is 18.0 Å². The predicted octanol–water partition coefficient (Wildman–Crippen LogP) is 5.14. The molecule has 3 aromatic rings. The van der Waals surface area contributed by atoms with Crippen molar-refractivity contribution in [1.29, 1.82) is 0 Å². The normalized spacial score (nSPS) is 15.9. The number of aromatic hydroxyl groups is 1. The molecular weight excluding hydrogens is 348 g/mol. The Kier molecular flexibility index (Phi) is 4.56. The van der Waals surface area contributed by atoms with Crippen molar-refractivity contribution in [3.8, 4) is 5.88 Å². The van der Waals surface area contributed by atoms with Crippen LogP contribution in [0.15, 0.2) is 41.4 Å². The maximum atomic E-state index is 14.6. The third-order valence-corrected chi connectivity index (χ3v) is 5.19. The van der Waals surface area contributed by atoms with Crippen molar-refractivity contribution in [2.24, 2.45) is 10.9 Å². The average Bonchev–Trinajstić information content (AvgIpc) is 2.97. The first-order valence-electron chi connectivity index (χ1n) is 9.10. The summed E-state index contributed by atoms with van der Waals surface area (Å²) in [5, 5.41) is 10.3. The summed E-state index contributed by atoms with van der Waals surface area (Å²) in [7, 11) is 0. The van der Waals surface area contributed by atoms with Gasteiger partial charge in [0.25, 0.3) is 0 Å². The number of H-pyrrole nitrogens is 1. The van der Waals surface area contributed by atoms with E-state index < -0.39 is 5.82 Å². The summed E-state index contributed by atoms with van der Waals surface area (Å²) in [5.41, 5.74) is 1.72. The molecule has 2 heterocycles. The highest BCUT2D eigenvalue weighted by molar-refractivity contribution is 6.02. The van der Waals surface area contributed by atoms with Crippen LogP contribution in [0.4, 0.5) is 20.2 Å². The second-order valence-corrected chi connectivity index (χ2v) is 7.11. The smallest absolute Gasteiger partial charge is 0.198 e. The summed E-state index contributed by atoms with van der Waals surface area (Å²) < 4.78 is 28.6. The summed E-state index contributed by atoms with van der Waals surface area (Å²) in [6.45, 7) is 3.92. The van der Waals surface area contributed by atoms with Crippen molar-refractivity contribution in [3.05, 3.63) is 53.6 Å². The lowest BCUT2D eigenvalue weighted by Crippen LogP contribution is -2.33. The van der Waals surface area contributed by atoms with Crippen molar-refractivity contribution >= 4 is 28.5 Å². The molecule has 2 N–H and O–H groups in total. The van der Waals surface area contributed by atoms with Gasteiger partial charge >= 0.3 is 0 Å². The fraction of sp³-hybridized carbons (Fsp3) is 0.286. The van der Waals surface area contributed by atoms with Gasteiger partial charge in [-0.25, -0.2) is 8.78 Å². The fourth-order valence-electron chi connectivity index (χ4n) is 3.56. The highest BCUT2D eigenvalue weighted by Gasteiger charge is 2.19. The lowest BCUT2D eigenvalue weighted by atomic mass is 9.99. The van der Waals surface area contributed by atoms with E-state index in [-0.39, 0.29) is 22.6 Å². The zero-order valence-electron chi connectivity index (χ0n) is 15.0. The molecule has 0 amide bonds. The van der Waals surface area contributed by atoms with E-state index in [4.69, 9.17) is 0 Å². The predicted molar refractivity (Wildman–Crippen MR) is 104 cm³/mol. The zero-order valence-corrected chi connectivity index (χ0v) is 15.0. The minimum Gasteiger partial charge on any atom is -0.494 e. The number of halogens is 2. The molecule has 0 aliphatic carbocycles. The van der Waals surface area contributed by atoms with Crippen LogP contribution < -0.4 is 4.90 Å². The van der Waals surface area contributed by atoms with E-state index in [0.29, 0.717) is 22.8 Å². The summed E-state index contributed by atoms with van der Waals surface area (Å²) >= 11 is 0. The van der Waals surface area contributed by atoms with Gasteiger partial charge in [-0.05, 0) is 43.0 Å². The van der Waals surface area contributed by atoms with E-state index in [2.05, 4.69) is 21.8 Å². The van der Waals surface area contributed by atoms with Crippen LogP contribution >= 0.6 is 0 Å². The Labute approximate surface area is 156 Å². The molecule has 2 aromatic carbocycles. The monoisotopic (exact) mass is 369 g/mol. The average molecular weight is 369 g/mol. The van der Waals surface area contributed by atoms with Gasteiger partial charge in [-0.1, -0.05) is 13.0 Å². The first-order chi connectivity index (χ1) is 13.0. The molecule has 1 aliphatic rings. The second-order valence-electron chi connectivity index (χ2n) is 7.11. The van der Waals surface area contributed by atoms with Crippen molar-refractivity contribution < 1.29 is 13.9 Å². The van der Waals surface area contributed by atoms with E-state index in [1.807, 2.05) is 0 Å². The number of nitrogens with one attached hydrogen (secondary N) is 1. The molecule has 0 bridgehead atoms. The third-order valence-electron chi connectivity index (χ3n) is 5.19. The number of anilines is 1. The van der Waals surface area contributed by atoms with Crippen LogP contribution in [-0.2, 0) is 0 Å². The first kappa shape index (κ1) is 17.5. The van der Waals surface area contributed by atoms with Gasteiger partial charge in [-0.15, -0.1) is 0 Å². The molecule has 0 atom stereocenters. The van der Waals surface area contributed by atoms with Crippen LogP contribution in [0.3, 0.4) is 0 Å². The minimum atomic E-state index is -0.452. The quantitative estimate of drug-likeness (QED) is 0.628. The maximum Gasteiger partial charge on any atom is 0.198 e. The number of aromatic nitrogens is 1. The maximum absolute atomic E-state index is 14.6. The van der Waals surface area contributed by atoms with Crippen LogP contribution in [0.2, 0.25) is 0 Å². The molecule has 140 valence electrons. The molecule has 0 spiro atoms. The Morgan fingerprint density at radius 2 is 1.93 bits per heavy atom. The van der Waals surface area contributed by atoms with Crippen molar-refractivity contribution in [3.63, 3.8) is 0 Å². The van der Waals surface area contributed by atoms with Crippen LogP contribution in [0.25, 0.3) is 10.9 Å². The second kappa shape index (κ2) is 7.02. The number of fused-ring (bicyclic) bond motifs is 1. The third kappa shape index (κ3) is 3.39. The highest BCUT2D eigenvalue weighted by Crippen LogP contribution is 2.30. The van der Waals surface area contributed by atoms with Gasteiger partial charge in [-0.3, -0.25) is 4.99 Å². The number of benzene rings is 2. The number of hydrogen-bond acceptors (Lipinski definition) is 3. The largest absolute Gasteiger partial charge is 0.494 e. The van der Waals surface area contributed by atoms with Crippen molar-refractivity contribution in [2.45, 2.75) is 19.8 Å². The number of rotatable bonds is 3. The number of nitrogens with zero attached hydrogens (tertiary/aromatic N) is 2. The van der Waals surface area contributed by atoms with Gasteiger partial charge in [0.2, 0.25) is 0 Å². The Balaban J connectivity index is 1.60. The van der Waals surface area contributed by atoms with Gasteiger partial charge in [0, 0.05) is 30.8 Å². The Bertz CT molecular complexity index is 1000.